The molecule has 0 radical (unpaired) electrons. The number of aromatic nitrogens is 3. The average molecular weight is 219 g/mol. The van der Waals surface area contributed by atoms with Crippen LogP contribution in [0.25, 0.3) is 0 Å². The van der Waals surface area contributed by atoms with Crippen molar-refractivity contribution >= 4 is 0 Å². The summed E-state index contributed by atoms with van der Waals surface area (Å²) in [6, 6.07) is 9.30. The minimum absolute atomic E-state index is 0.0573. The number of benzene rings is 1. The third kappa shape index (κ3) is 2.10. The van der Waals surface area contributed by atoms with Crippen molar-refractivity contribution in [2.45, 2.75) is 12.6 Å². The molecule has 2 aromatic rings. The van der Waals surface area contributed by atoms with E-state index < -0.39 is 0 Å². The van der Waals surface area contributed by atoms with Crippen LogP contribution in [-0.2, 0) is 6.61 Å². The molecule has 0 saturated heterocycles. The summed E-state index contributed by atoms with van der Waals surface area (Å²) in [7, 11) is 0. The molecule has 0 aliphatic rings. The summed E-state index contributed by atoms with van der Waals surface area (Å²) >= 11 is 0. The van der Waals surface area contributed by atoms with E-state index in [2.05, 4.69) is 10.3 Å². The van der Waals surface area contributed by atoms with E-state index in [1.54, 1.807) is 10.9 Å². The molecular formula is C11H13N3O2. The van der Waals surface area contributed by atoms with Gasteiger partial charge in [-0.25, -0.2) is 4.68 Å². The van der Waals surface area contributed by atoms with Gasteiger partial charge < -0.3 is 10.2 Å². The molecule has 1 aromatic carbocycles. The monoisotopic (exact) mass is 219 g/mol. The zero-order valence-electron chi connectivity index (χ0n) is 8.69. The van der Waals surface area contributed by atoms with E-state index in [0.717, 1.165) is 5.56 Å². The molecule has 1 unspecified atom stereocenters. The van der Waals surface area contributed by atoms with Gasteiger partial charge in [-0.3, -0.25) is 0 Å². The molecule has 0 aliphatic carbocycles. The SMILES string of the molecule is OCc1cn(C(CO)c2ccccc2)nn1. The molecule has 5 nitrogen and oxygen atoms in total. The van der Waals surface area contributed by atoms with Gasteiger partial charge in [-0.1, -0.05) is 35.5 Å². The number of aliphatic hydroxyl groups excluding tert-OH is 2. The van der Waals surface area contributed by atoms with E-state index in [1.165, 1.54) is 0 Å². The molecule has 2 N–H and O–H groups in total. The fourth-order valence-corrected chi connectivity index (χ4v) is 1.56. The highest BCUT2D eigenvalue weighted by Gasteiger charge is 2.13. The van der Waals surface area contributed by atoms with Gasteiger partial charge in [0.1, 0.15) is 11.7 Å². The Balaban J connectivity index is 2.29. The van der Waals surface area contributed by atoms with E-state index in [9.17, 15) is 5.11 Å². The van der Waals surface area contributed by atoms with Crippen LogP contribution < -0.4 is 0 Å². The second-order valence-electron chi connectivity index (χ2n) is 3.46. The van der Waals surface area contributed by atoms with Gasteiger partial charge in [0.2, 0.25) is 0 Å². The van der Waals surface area contributed by atoms with Crippen molar-refractivity contribution in [2.24, 2.45) is 0 Å². The Hall–Kier alpha value is -1.72. The van der Waals surface area contributed by atoms with Crippen molar-refractivity contribution in [2.75, 3.05) is 6.61 Å². The van der Waals surface area contributed by atoms with E-state index in [1.807, 2.05) is 30.3 Å². The zero-order valence-corrected chi connectivity index (χ0v) is 8.69. The molecule has 5 heteroatoms. The van der Waals surface area contributed by atoms with Crippen molar-refractivity contribution in [3.8, 4) is 0 Å². The molecule has 0 saturated carbocycles. The Morgan fingerprint density at radius 1 is 1.19 bits per heavy atom. The van der Waals surface area contributed by atoms with Crippen LogP contribution in [-0.4, -0.2) is 31.8 Å². The lowest BCUT2D eigenvalue weighted by Gasteiger charge is -2.13. The molecular weight excluding hydrogens is 206 g/mol. The van der Waals surface area contributed by atoms with E-state index in [0.29, 0.717) is 5.69 Å². The van der Waals surface area contributed by atoms with Crippen LogP contribution in [0, 0.1) is 0 Å². The van der Waals surface area contributed by atoms with Crippen molar-refractivity contribution in [1.29, 1.82) is 0 Å². The lowest BCUT2D eigenvalue weighted by molar-refractivity contribution is 0.239. The fourth-order valence-electron chi connectivity index (χ4n) is 1.56. The minimum atomic E-state index is -0.256. The van der Waals surface area contributed by atoms with Gasteiger partial charge in [-0.2, -0.15) is 0 Å². The first-order valence-electron chi connectivity index (χ1n) is 5.02. The van der Waals surface area contributed by atoms with Crippen molar-refractivity contribution in [3.63, 3.8) is 0 Å². The maximum Gasteiger partial charge on any atom is 0.108 e. The maximum absolute atomic E-state index is 9.36. The first kappa shape index (κ1) is 10.8. The first-order chi connectivity index (χ1) is 7.85. The van der Waals surface area contributed by atoms with Crippen LogP contribution >= 0.6 is 0 Å². The molecule has 0 fully saturated rings. The zero-order chi connectivity index (χ0) is 11.4. The van der Waals surface area contributed by atoms with E-state index in [4.69, 9.17) is 5.11 Å². The number of aliphatic hydroxyl groups is 2. The van der Waals surface area contributed by atoms with Crippen molar-refractivity contribution in [1.82, 2.24) is 15.0 Å². The molecule has 84 valence electrons. The Labute approximate surface area is 93.0 Å². The number of hydrogen-bond acceptors (Lipinski definition) is 4. The topological polar surface area (TPSA) is 71.2 Å². The fraction of sp³-hybridized carbons (Fsp3) is 0.273. The van der Waals surface area contributed by atoms with Crippen molar-refractivity contribution in [3.05, 3.63) is 47.8 Å². The standard InChI is InChI=1S/C11H13N3O2/c15-7-10-6-14(13-12-10)11(8-16)9-4-2-1-3-5-9/h1-6,11,15-16H,7-8H2. The third-order valence-corrected chi connectivity index (χ3v) is 2.40. The van der Waals surface area contributed by atoms with Gasteiger partial charge in [-0.15, -0.1) is 5.10 Å². The quantitative estimate of drug-likeness (QED) is 0.778. The van der Waals surface area contributed by atoms with Crippen LogP contribution in [0.2, 0.25) is 0 Å². The lowest BCUT2D eigenvalue weighted by atomic mass is 10.1. The molecule has 1 atom stereocenters. The highest BCUT2D eigenvalue weighted by molar-refractivity contribution is 5.19. The largest absolute Gasteiger partial charge is 0.394 e. The molecule has 0 aliphatic heterocycles. The summed E-state index contributed by atoms with van der Waals surface area (Å²) < 4.78 is 1.56. The summed E-state index contributed by atoms with van der Waals surface area (Å²) in [6.45, 7) is -0.203. The van der Waals surface area contributed by atoms with Gasteiger partial charge in [0, 0.05) is 0 Å². The van der Waals surface area contributed by atoms with Crippen LogP contribution in [0.15, 0.2) is 36.5 Å². The Kier molecular flexibility index (Phi) is 3.28. The molecule has 0 spiro atoms. The third-order valence-electron chi connectivity index (χ3n) is 2.40. The smallest absolute Gasteiger partial charge is 0.108 e. The first-order valence-corrected chi connectivity index (χ1v) is 5.02. The van der Waals surface area contributed by atoms with E-state index >= 15 is 0 Å². The van der Waals surface area contributed by atoms with Gasteiger partial charge in [0.25, 0.3) is 0 Å². The predicted molar refractivity (Wildman–Crippen MR) is 57.6 cm³/mol. The second kappa shape index (κ2) is 4.87. The Morgan fingerprint density at radius 2 is 1.94 bits per heavy atom. The molecule has 0 bridgehead atoms. The summed E-state index contributed by atoms with van der Waals surface area (Å²) in [6.07, 6.45) is 1.63. The number of hydrogen-bond donors (Lipinski definition) is 2. The summed E-state index contributed by atoms with van der Waals surface area (Å²) in [5.74, 6) is 0. The van der Waals surface area contributed by atoms with Gasteiger partial charge in [0.05, 0.1) is 19.4 Å². The minimum Gasteiger partial charge on any atom is -0.394 e. The molecule has 16 heavy (non-hydrogen) atoms. The number of rotatable bonds is 4. The summed E-state index contributed by atoms with van der Waals surface area (Å²) in [4.78, 5) is 0. The van der Waals surface area contributed by atoms with Gasteiger partial charge in [0.15, 0.2) is 0 Å². The van der Waals surface area contributed by atoms with Crippen molar-refractivity contribution < 1.29 is 10.2 Å². The van der Waals surface area contributed by atoms with Gasteiger partial charge in [-0.05, 0) is 5.56 Å². The molecule has 0 amide bonds. The molecule has 2 rings (SSSR count). The van der Waals surface area contributed by atoms with Crippen LogP contribution in [0.4, 0.5) is 0 Å². The maximum atomic E-state index is 9.36. The Bertz CT molecular complexity index is 442. The molecule has 1 aromatic heterocycles. The van der Waals surface area contributed by atoms with Gasteiger partial charge >= 0.3 is 0 Å². The molecule has 1 heterocycles. The van der Waals surface area contributed by atoms with Crippen LogP contribution in [0.5, 0.6) is 0 Å². The Morgan fingerprint density at radius 3 is 2.50 bits per heavy atom. The van der Waals surface area contributed by atoms with Crippen LogP contribution in [0.1, 0.15) is 17.3 Å². The predicted octanol–water partition coefficient (Wildman–Crippen LogP) is 0.352. The summed E-state index contributed by atoms with van der Waals surface area (Å²) in [5.41, 5.74) is 1.45. The highest BCUT2D eigenvalue weighted by atomic mass is 16.3. The summed E-state index contributed by atoms with van der Waals surface area (Å²) in [5, 5.41) is 25.9. The number of nitrogens with zero attached hydrogens (tertiary/aromatic N) is 3. The average Bonchev–Trinajstić information content (AvgIpc) is 2.80. The van der Waals surface area contributed by atoms with E-state index in [-0.39, 0.29) is 19.3 Å². The lowest BCUT2D eigenvalue weighted by Crippen LogP contribution is -2.15. The normalized spacial score (nSPS) is 12.6. The highest BCUT2D eigenvalue weighted by Crippen LogP contribution is 2.16. The second-order valence-corrected chi connectivity index (χ2v) is 3.46. The van der Waals surface area contributed by atoms with Crippen LogP contribution in [0.3, 0.4) is 0 Å².